The van der Waals surface area contributed by atoms with Crippen LogP contribution in [0.5, 0.6) is 17.2 Å². The summed E-state index contributed by atoms with van der Waals surface area (Å²) in [6.07, 6.45) is 1.25. The Morgan fingerprint density at radius 3 is 2.50 bits per heavy atom. The summed E-state index contributed by atoms with van der Waals surface area (Å²) in [5, 5.41) is 33.2. The van der Waals surface area contributed by atoms with E-state index in [9.17, 15) is 15.0 Å². The molecule has 4 rings (SSSR count). The number of nitrogens with one attached hydrogen (secondary N) is 2. The number of rotatable bonds is 8. The molecule has 196 valence electrons. The van der Waals surface area contributed by atoms with E-state index in [1.54, 1.807) is 7.11 Å². The Kier molecular flexibility index (Phi) is 8.02. The standard InChI is InChI=1S/C28H29N5O4S/c1-28(2,3)20-8-5-18(6-9-20)26-31-32-27(33(26)21-10-13-23(37-4)14-11-21)38-17-25(36)30-29-16-19-7-12-22(34)15-24(19)35/h5-16H,17H2,1-4H3,(H3,29,30,34,35,36). The monoisotopic (exact) mass is 531 g/mol. The predicted octanol–water partition coefficient (Wildman–Crippen LogP) is 3.68. The number of aromatic amines is 1. The van der Waals surface area contributed by atoms with E-state index in [0.717, 1.165) is 28.9 Å². The van der Waals surface area contributed by atoms with E-state index in [1.807, 2.05) is 28.8 Å². The predicted molar refractivity (Wildman–Crippen MR) is 145 cm³/mol. The molecule has 0 aliphatic carbocycles. The van der Waals surface area contributed by atoms with Crippen LogP contribution in [-0.2, 0) is 10.2 Å². The van der Waals surface area contributed by atoms with E-state index in [0.29, 0.717) is 5.16 Å². The van der Waals surface area contributed by atoms with Gasteiger partial charge in [0.1, 0.15) is 17.2 Å². The highest BCUT2D eigenvalue weighted by atomic mass is 32.2. The molecule has 0 aliphatic rings. The van der Waals surface area contributed by atoms with Crippen molar-refractivity contribution in [3.63, 3.8) is 0 Å². The Balaban J connectivity index is 1.55. The number of H-pyrrole nitrogens is 1. The van der Waals surface area contributed by atoms with Crippen LogP contribution in [0.15, 0.2) is 77.0 Å². The van der Waals surface area contributed by atoms with Crippen molar-refractivity contribution in [1.29, 1.82) is 0 Å². The molecule has 0 spiro atoms. The quantitative estimate of drug-likeness (QED) is 0.138. The highest BCUT2D eigenvalue weighted by molar-refractivity contribution is 7.99. The van der Waals surface area contributed by atoms with Gasteiger partial charge >= 0.3 is 5.16 Å². The SMILES string of the molecule is COc1ccc(-[n+]2c(SCC(=O)N/N=C/c3ccc(O)cc3[O-])n[nH]c2-c2ccc(C(C)(C)C)cc2)cc1. The Bertz CT molecular complexity index is 1440. The number of carbonyl (C=O) groups excluding carboxylic acids is 1. The number of nitrogens with zero attached hydrogens (tertiary/aromatic N) is 3. The molecule has 0 radical (unpaired) electrons. The van der Waals surface area contributed by atoms with Crippen LogP contribution in [-0.4, -0.2) is 40.3 Å². The van der Waals surface area contributed by atoms with Crippen LogP contribution in [0.2, 0.25) is 0 Å². The Morgan fingerprint density at radius 1 is 1.16 bits per heavy atom. The third-order valence-electron chi connectivity index (χ3n) is 5.75. The zero-order valence-corrected chi connectivity index (χ0v) is 22.4. The van der Waals surface area contributed by atoms with Crippen molar-refractivity contribution in [3.8, 4) is 34.3 Å². The fourth-order valence-corrected chi connectivity index (χ4v) is 4.41. The van der Waals surface area contributed by atoms with E-state index in [-0.39, 0.29) is 28.4 Å². The third kappa shape index (κ3) is 6.33. The van der Waals surface area contributed by atoms with E-state index >= 15 is 0 Å². The summed E-state index contributed by atoms with van der Waals surface area (Å²) in [5.41, 5.74) is 5.73. The molecular formula is C28H29N5O4S. The number of thioether (sulfide) groups is 1. The van der Waals surface area contributed by atoms with E-state index in [1.165, 1.54) is 35.7 Å². The van der Waals surface area contributed by atoms with Gasteiger partial charge in [-0.25, -0.2) is 5.43 Å². The Labute approximate surface area is 225 Å². The summed E-state index contributed by atoms with van der Waals surface area (Å²) in [7, 11) is 1.62. The molecule has 0 saturated carbocycles. The number of hydrogen-bond donors (Lipinski definition) is 3. The number of carbonyl (C=O) groups is 1. The first-order chi connectivity index (χ1) is 18.2. The number of phenolic OH excluding ortho intramolecular Hbond substituents is 1. The maximum atomic E-state index is 12.5. The van der Waals surface area contributed by atoms with Crippen molar-refractivity contribution in [3.05, 3.63) is 77.9 Å². The van der Waals surface area contributed by atoms with Crippen LogP contribution < -0.4 is 19.8 Å². The molecule has 3 N–H and O–H groups in total. The summed E-state index contributed by atoms with van der Waals surface area (Å²) < 4.78 is 7.25. The lowest BCUT2D eigenvalue weighted by molar-refractivity contribution is -0.625. The first-order valence-electron chi connectivity index (χ1n) is 11.9. The van der Waals surface area contributed by atoms with Crippen molar-refractivity contribution in [1.82, 2.24) is 15.6 Å². The molecule has 3 aromatic carbocycles. The van der Waals surface area contributed by atoms with Gasteiger partial charge in [0.25, 0.3) is 11.7 Å². The normalized spacial score (nSPS) is 11.6. The highest BCUT2D eigenvalue weighted by Gasteiger charge is 2.25. The third-order valence-corrected chi connectivity index (χ3v) is 6.69. The first kappa shape index (κ1) is 26.7. The molecular weight excluding hydrogens is 502 g/mol. The Hall–Kier alpha value is -4.31. The van der Waals surface area contributed by atoms with Crippen molar-refractivity contribution in [2.45, 2.75) is 31.3 Å². The van der Waals surface area contributed by atoms with Gasteiger partial charge < -0.3 is 14.9 Å². The van der Waals surface area contributed by atoms with Gasteiger partial charge in [0.15, 0.2) is 0 Å². The van der Waals surface area contributed by atoms with Crippen LogP contribution >= 0.6 is 11.8 Å². The fraction of sp³-hybridized carbons (Fsp3) is 0.214. The minimum atomic E-state index is -0.391. The number of hydrogen-bond acceptors (Lipinski definition) is 7. The van der Waals surface area contributed by atoms with Crippen LogP contribution in [0.3, 0.4) is 0 Å². The zero-order valence-electron chi connectivity index (χ0n) is 21.6. The van der Waals surface area contributed by atoms with Gasteiger partial charge in [-0.3, -0.25) is 4.79 Å². The number of methoxy groups -OCH3 is 1. The molecule has 1 heterocycles. The number of amides is 1. The molecule has 10 heteroatoms. The summed E-state index contributed by atoms with van der Waals surface area (Å²) >= 11 is 1.24. The Morgan fingerprint density at radius 2 is 1.87 bits per heavy atom. The van der Waals surface area contributed by atoms with Gasteiger partial charge in [0.2, 0.25) is 0 Å². The minimum absolute atomic E-state index is 0.0346. The molecule has 38 heavy (non-hydrogen) atoms. The zero-order chi connectivity index (χ0) is 27.3. The lowest BCUT2D eigenvalue weighted by Gasteiger charge is -2.18. The van der Waals surface area contributed by atoms with Gasteiger partial charge in [-0.1, -0.05) is 44.7 Å². The molecule has 0 fully saturated rings. The van der Waals surface area contributed by atoms with Crippen molar-refractivity contribution in [2.75, 3.05) is 12.9 Å². The second-order valence-electron chi connectivity index (χ2n) is 9.52. The molecule has 9 nitrogen and oxygen atoms in total. The fourth-order valence-electron chi connectivity index (χ4n) is 3.65. The minimum Gasteiger partial charge on any atom is -0.872 e. The van der Waals surface area contributed by atoms with Crippen LogP contribution in [0.25, 0.3) is 17.1 Å². The number of hydrazone groups is 1. The number of phenols is 1. The lowest BCUT2D eigenvalue weighted by Crippen LogP contribution is -2.34. The van der Waals surface area contributed by atoms with E-state index < -0.39 is 5.75 Å². The van der Waals surface area contributed by atoms with E-state index in [2.05, 4.69) is 65.8 Å². The highest BCUT2D eigenvalue weighted by Crippen LogP contribution is 2.26. The number of aromatic hydroxyl groups is 1. The van der Waals surface area contributed by atoms with Crippen molar-refractivity contribution >= 4 is 23.9 Å². The molecule has 0 unspecified atom stereocenters. The first-order valence-corrected chi connectivity index (χ1v) is 12.8. The maximum Gasteiger partial charge on any atom is 0.342 e. The van der Waals surface area contributed by atoms with Gasteiger partial charge in [0, 0.05) is 0 Å². The molecule has 0 atom stereocenters. The average molecular weight is 532 g/mol. The van der Waals surface area contributed by atoms with Gasteiger partial charge in [-0.2, -0.15) is 9.67 Å². The van der Waals surface area contributed by atoms with Crippen molar-refractivity contribution < 1.29 is 24.3 Å². The molecule has 4 aromatic rings. The van der Waals surface area contributed by atoms with Gasteiger partial charge in [-0.05, 0) is 76.8 Å². The van der Waals surface area contributed by atoms with Crippen LogP contribution in [0.4, 0.5) is 0 Å². The molecule has 0 bridgehead atoms. The number of ether oxygens (including phenoxy) is 1. The van der Waals surface area contributed by atoms with Gasteiger partial charge in [-0.15, -0.1) is 5.10 Å². The van der Waals surface area contributed by atoms with Gasteiger partial charge in [0.05, 0.1) is 29.7 Å². The second-order valence-corrected chi connectivity index (χ2v) is 10.5. The topological polar surface area (TPSA) is 127 Å². The summed E-state index contributed by atoms with van der Waals surface area (Å²) in [6, 6.07) is 19.8. The summed E-state index contributed by atoms with van der Waals surface area (Å²) in [5.74, 6) is 0.666. The molecule has 0 saturated heterocycles. The second kappa shape index (κ2) is 11.4. The summed E-state index contributed by atoms with van der Waals surface area (Å²) in [4.78, 5) is 12.5. The molecule has 1 aromatic heterocycles. The van der Waals surface area contributed by atoms with Crippen LogP contribution in [0.1, 0.15) is 31.9 Å². The lowest BCUT2D eigenvalue weighted by atomic mass is 9.87. The largest absolute Gasteiger partial charge is 0.872 e. The smallest absolute Gasteiger partial charge is 0.342 e. The molecule has 1 amide bonds. The van der Waals surface area contributed by atoms with E-state index in [4.69, 9.17) is 4.74 Å². The average Bonchev–Trinajstić information content (AvgIpc) is 3.32. The number of benzene rings is 3. The van der Waals surface area contributed by atoms with Crippen LogP contribution in [0, 0.1) is 0 Å². The molecule has 0 aliphatic heterocycles. The summed E-state index contributed by atoms with van der Waals surface area (Å²) in [6.45, 7) is 6.51. The number of aromatic nitrogens is 3. The van der Waals surface area contributed by atoms with Crippen molar-refractivity contribution in [2.24, 2.45) is 5.10 Å². The maximum absolute atomic E-state index is 12.5.